The Morgan fingerprint density at radius 1 is 1.11 bits per heavy atom. The van der Waals surface area contributed by atoms with Crippen LogP contribution < -0.4 is 9.47 Å². The first kappa shape index (κ1) is 19.6. The molecule has 8 heteroatoms. The van der Waals surface area contributed by atoms with E-state index in [9.17, 15) is 18.4 Å². The zero-order valence-electron chi connectivity index (χ0n) is 15.1. The maximum Gasteiger partial charge on any atom is 0.328 e. The molecule has 0 spiro atoms. The van der Waals surface area contributed by atoms with E-state index in [1.807, 2.05) is 0 Å². The number of nitrogens with zero attached hydrogens (tertiary/aromatic N) is 1. The fourth-order valence-electron chi connectivity index (χ4n) is 3.00. The van der Waals surface area contributed by atoms with E-state index in [0.717, 1.165) is 0 Å². The van der Waals surface area contributed by atoms with Gasteiger partial charge in [-0.3, -0.25) is 4.79 Å². The van der Waals surface area contributed by atoms with Crippen LogP contribution in [0.15, 0.2) is 48.5 Å². The number of carbonyl (C=O) groups is 2. The van der Waals surface area contributed by atoms with Crippen molar-refractivity contribution < 1.29 is 32.6 Å². The highest BCUT2D eigenvalue weighted by Crippen LogP contribution is 2.26. The van der Waals surface area contributed by atoms with E-state index >= 15 is 0 Å². The highest BCUT2D eigenvalue weighted by Gasteiger charge is 2.41. The molecule has 0 aromatic heterocycles. The lowest BCUT2D eigenvalue weighted by molar-refractivity contribution is -0.151. The summed E-state index contributed by atoms with van der Waals surface area (Å²) in [6.07, 6.45) is -0.403. The first-order valence-electron chi connectivity index (χ1n) is 8.64. The lowest BCUT2D eigenvalue weighted by Crippen LogP contribution is -2.43. The Labute approximate surface area is 160 Å². The van der Waals surface area contributed by atoms with Crippen LogP contribution in [-0.4, -0.2) is 49.2 Å². The molecule has 6 nitrogen and oxygen atoms in total. The largest absolute Gasteiger partial charge is 0.485 e. The molecule has 0 radical (unpaired) electrons. The third kappa shape index (κ3) is 4.57. The summed E-state index contributed by atoms with van der Waals surface area (Å²) in [6.45, 7) is -0.259. The Balaban J connectivity index is 1.66. The van der Waals surface area contributed by atoms with Crippen LogP contribution in [0.4, 0.5) is 8.78 Å². The second-order valence-electron chi connectivity index (χ2n) is 6.23. The third-order valence-corrected chi connectivity index (χ3v) is 4.36. The van der Waals surface area contributed by atoms with Crippen LogP contribution in [0.25, 0.3) is 0 Å². The van der Waals surface area contributed by atoms with E-state index in [0.29, 0.717) is 5.75 Å². The molecule has 1 heterocycles. The minimum Gasteiger partial charge on any atom is -0.485 e. The molecule has 1 saturated heterocycles. The normalized spacial score (nSPS) is 18.6. The van der Waals surface area contributed by atoms with Crippen molar-refractivity contribution in [1.29, 1.82) is 0 Å². The van der Waals surface area contributed by atoms with Gasteiger partial charge in [-0.05, 0) is 36.4 Å². The lowest BCUT2D eigenvalue weighted by Gasteiger charge is -2.22. The Kier molecular flexibility index (Phi) is 6.08. The van der Waals surface area contributed by atoms with Crippen molar-refractivity contribution in [2.24, 2.45) is 0 Å². The van der Waals surface area contributed by atoms with Gasteiger partial charge in [0, 0.05) is 6.42 Å². The number of methoxy groups -OCH3 is 1. The SMILES string of the molecule is COC(=O)C1CC(Oc2ccccc2F)CN1C(=O)COc1ccc(F)cc1. The lowest BCUT2D eigenvalue weighted by atomic mass is 10.2. The van der Waals surface area contributed by atoms with E-state index in [-0.39, 0.29) is 25.3 Å². The predicted molar refractivity (Wildman–Crippen MR) is 94.8 cm³/mol. The third-order valence-electron chi connectivity index (χ3n) is 4.36. The maximum atomic E-state index is 13.8. The number of esters is 1. The number of rotatable bonds is 6. The topological polar surface area (TPSA) is 65.1 Å². The van der Waals surface area contributed by atoms with Gasteiger partial charge < -0.3 is 19.1 Å². The van der Waals surface area contributed by atoms with Crippen molar-refractivity contribution in [1.82, 2.24) is 4.90 Å². The molecule has 2 atom stereocenters. The van der Waals surface area contributed by atoms with Gasteiger partial charge in [-0.2, -0.15) is 0 Å². The number of likely N-dealkylation sites (tertiary alicyclic amines) is 1. The summed E-state index contributed by atoms with van der Waals surface area (Å²) in [5, 5.41) is 0. The van der Waals surface area contributed by atoms with Gasteiger partial charge in [0.2, 0.25) is 0 Å². The van der Waals surface area contributed by atoms with Crippen LogP contribution in [-0.2, 0) is 14.3 Å². The minimum absolute atomic E-state index is 0.0491. The van der Waals surface area contributed by atoms with Gasteiger partial charge in [-0.1, -0.05) is 12.1 Å². The summed E-state index contributed by atoms with van der Waals surface area (Å²) < 4.78 is 42.5. The van der Waals surface area contributed by atoms with E-state index in [1.54, 1.807) is 6.07 Å². The second-order valence-corrected chi connectivity index (χ2v) is 6.23. The number of halogens is 2. The summed E-state index contributed by atoms with van der Waals surface area (Å²) >= 11 is 0. The molecule has 0 N–H and O–H groups in total. The van der Waals surface area contributed by atoms with Gasteiger partial charge >= 0.3 is 5.97 Å². The number of hydrogen-bond donors (Lipinski definition) is 0. The number of amides is 1. The molecule has 148 valence electrons. The first-order valence-corrected chi connectivity index (χ1v) is 8.64. The molecule has 1 amide bonds. The van der Waals surface area contributed by atoms with E-state index < -0.39 is 35.7 Å². The fraction of sp³-hybridized carbons (Fsp3) is 0.300. The van der Waals surface area contributed by atoms with Crippen molar-refractivity contribution in [2.75, 3.05) is 20.3 Å². The quantitative estimate of drug-likeness (QED) is 0.709. The molecule has 1 fully saturated rings. The standard InChI is InChI=1S/C20H19F2NO5/c1-26-20(25)17-10-15(28-18-5-3-2-4-16(18)22)11-23(17)19(24)12-27-14-8-6-13(21)7-9-14/h2-9,15,17H,10-12H2,1H3. The van der Waals surface area contributed by atoms with Crippen LogP contribution in [0.5, 0.6) is 11.5 Å². The molecule has 0 bridgehead atoms. The summed E-state index contributed by atoms with van der Waals surface area (Å²) in [5.74, 6) is -1.62. The number of benzene rings is 2. The smallest absolute Gasteiger partial charge is 0.328 e. The zero-order chi connectivity index (χ0) is 20.1. The highest BCUT2D eigenvalue weighted by molar-refractivity contribution is 5.86. The van der Waals surface area contributed by atoms with Gasteiger partial charge in [0.05, 0.1) is 13.7 Å². The number of hydrogen-bond acceptors (Lipinski definition) is 5. The average molecular weight is 391 g/mol. The number of para-hydroxylation sites is 1. The molecule has 2 unspecified atom stereocenters. The highest BCUT2D eigenvalue weighted by atomic mass is 19.1. The molecule has 0 aliphatic carbocycles. The Morgan fingerprint density at radius 3 is 2.50 bits per heavy atom. The van der Waals surface area contributed by atoms with Crippen molar-refractivity contribution in [2.45, 2.75) is 18.6 Å². The van der Waals surface area contributed by atoms with Crippen molar-refractivity contribution in [3.05, 3.63) is 60.2 Å². The minimum atomic E-state index is -0.855. The van der Waals surface area contributed by atoms with Gasteiger partial charge in [-0.15, -0.1) is 0 Å². The number of ether oxygens (including phenoxy) is 3. The van der Waals surface area contributed by atoms with Crippen LogP contribution in [0.2, 0.25) is 0 Å². The monoisotopic (exact) mass is 391 g/mol. The van der Waals surface area contributed by atoms with Crippen LogP contribution in [0.3, 0.4) is 0 Å². The van der Waals surface area contributed by atoms with Crippen molar-refractivity contribution in [3.63, 3.8) is 0 Å². The van der Waals surface area contributed by atoms with Crippen LogP contribution >= 0.6 is 0 Å². The van der Waals surface area contributed by atoms with Crippen molar-refractivity contribution in [3.8, 4) is 11.5 Å². The van der Waals surface area contributed by atoms with Gasteiger partial charge in [0.1, 0.15) is 23.7 Å². The number of carbonyl (C=O) groups excluding carboxylic acids is 2. The maximum absolute atomic E-state index is 13.8. The molecule has 0 saturated carbocycles. The van der Waals surface area contributed by atoms with E-state index in [1.165, 1.54) is 54.5 Å². The molecular weight excluding hydrogens is 372 g/mol. The summed E-state index contributed by atoms with van der Waals surface area (Å²) in [7, 11) is 1.23. The second kappa shape index (κ2) is 8.69. The molecule has 2 aromatic carbocycles. The van der Waals surface area contributed by atoms with Gasteiger partial charge in [-0.25, -0.2) is 13.6 Å². The molecule has 3 rings (SSSR count). The molecule has 2 aromatic rings. The molecular formula is C20H19F2NO5. The first-order chi connectivity index (χ1) is 13.5. The summed E-state index contributed by atoms with van der Waals surface area (Å²) in [4.78, 5) is 25.9. The van der Waals surface area contributed by atoms with Gasteiger partial charge in [0.25, 0.3) is 5.91 Å². The molecule has 1 aliphatic heterocycles. The molecule has 28 heavy (non-hydrogen) atoms. The predicted octanol–water partition coefficient (Wildman–Crippen LogP) is 2.57. The summed E-state index contributed by atoms with van der Waals surface area (Å²) in [5.41, 5.74) is 0. The fourth-order valence-corrected chi connectivity index (χ4v) is 3.00. The Hall–Kier alpha value is -3.16. The average Bonchev–Trinajstić information content (AvgIpc) is 3.12. The van der Waals surface area contributed by atoms with Crippen molar-refractivity contribution >= 4 is 11.9 Å². The molecule has 1 aliphatic rings. The van der Waals surface area contributed by atoms with E-state index in [2.05, 4.69) is 0 Å². The van der Waals surface area contributed by atoms with E-state index in [4.69, 9.17) is 14.2 Å². The van der Waals surface area contributed by atoms with Crippen LogP contribution in [0, 0.1) is 11.6 Å². The summed E-state index contributed by atoms with van der Waals surface area (Å²) in [6, 6.07) is 10.3. The Bertz CT molecular complexity index is 843. The van der Waals surface area contributed by atoms with Gasteiger partial charge in [0.15, 0.2) is 18.2 Å². The van der Waals surface area contributed by atoms with Crippen LogP contribution in [0.1, 0.15) is 6.42 Å². The zero-order valence-corrected chi connectivity index (χ0v) is 15.1. The Morgan fingerprint density at radius 2 is 1.82 bits per heavy atom.